The van der Waals surface area contributed by atoms with E-state index in [2.05, 4.69) is 4.98 Å². The SMILES string of the molecule is CCc1cc(O)cc(S(=O)(=O)NNC(=O)c2cc(-c3ccccn3)cc(Cl)c2F)c1. The number of carbonyl (C=O) groups excluding carboxylic acids is 1. The predicted molar refractivity (Wildman–Crippen MR) is 110 cm³/mol. The number of benzene rings is 2. The summed E-state index contributed by atoms with van der Waals surface area (Å²) in [6.07, 6.45) is 2.02. The Morgan fingerprint density at radius 1 is 1.20 bits per heavy atom. The number of pyridine rings is 1. The average molecular weight is 450 g/mol. The van der Waals surface area contributed by atoms with Gasteiger partial charge in [-0.2, -0.15) is 0 Å². The highest BCUT2D eigenvalue weighted by molar-refractivity contribution is 7.89. The number of aromatic hydroxyl groups is 1. The number of phenolic OH excluding ortho intramolecular Hbond substituents is 1. The van der Waals surface area contributed by atoms with Crippen LogP contribution < -0.4 is 10.3 Å². The summed E-state index contributed by atoms with van der Waals surface area (Å²) in [4.78, 5) is 18.2. The molecule has 156 valence electrons. The van der Waals surface area contributed by atoms with Crippen molar-refractivity contribution in [2.24, 2.45) is 0 Å². The van der Waals surface area contributed by atoms with Crippen LogP contribution in [-0.2, 0) is 16.4 Å². The van der Waals surface area contributed by atoms with Gasteiger partial charge in [-0.3, -0.25) is 15.2 Å². The Morgan fingerprint density at radius 2 is 1.97 bits per heavy atom. The van der Waals surface area contributed by atoms with Gasteiger partial charge in [0, 0.05) is 11.8 Å². The first kappa shape index (κ1) is 21.7. The first-order valence-electron chi connectivity index (χ1n) is 8.77. The van der Waals surface area contributed by atoms with Crippen LogP contribution in [0.2, 0.25) is 5.02 Å². The number of aromatic nitrogens is 1. The van der Waals surface area contributed by atoms with Crippen LogP contribution in [0.5, 0.6) is 5.75 Å². The Kier molecular flexibility index (Phi) is 6.35. The molecule has 0 aliphatic heterocycles. The summed E-state index contributed by atoms with van der Waals surface area (Å²) >= 11 is 5.90. The summed E-state index contributed by atoms with van der Waals surface area (Å²) in [6.45, 7) is 1.79. The van der Waals surface area contributed by atoms with Crippen molar-refractivity contribution in [3.8, 4) is 17.0 Å². The minimum Gasteiger partial charge on any atom is -0.508 e. The molecule has 30 heavy (non-hydrogen) atoms. The fourth-order valence-corrected chi connectivity index (χ4v) is 3.82. The molecule has 2 aromatic carbocycles. The van der Waals surface area contributed by atoms with Gasteiger partial charge in [0.2, 0.25) is 0 Å². The lowest BCUT2D eigenvalue weighted by molar-refractivity contribution is 0.0941. The second-order valence-corrected chi connectivity index (χ2v) is 8.37. The maximum absolute atomic E-state index is 14.4. The highest BCUT2D eigenvalue weighted by Gasteiger charge is 2.21. The topological polar surface area (TPSA) is 108 Å². The van der Waals surface area contributed by atoms with Crippen LogP contribution in [0.3, 0.4) is 0 Å². The third-order valence-corrected chi connectivity index (χ3v) is 5.70. The second-order valence-electron chi connectivity index (χ2n) is 6.28. The zero-order chi connectivity index (χ0) is 21.9. The van der Waals surface area contributed by atoms with Gasteiger partial charge in [-0.1, -0.05) is 24.6 Å². The highest BCUT2D eigenvalue weighted by Crippen LogP contribution is 2.27. The fraction of sp³-hybridized carbons (Fsp3) is 0.100. The minimum atomic E-state index is -4.21. The molecule has 0 spiro atoms. The first-order chi connectivity index (χ1) is 14.2. The number of amides is 1. The molecule has 0 fully saturated rings. The number of halogens is 2. The smallest absolute Gasteiger partial charge is 0.269 e. The number of hydrazine groups is 1. The molecule has 0 unspecified atom stereocenters. The monoisotopic (exact) mass is 449 g/mol. The van der Waals surface area contributed by atoms with Gasteiger partial charge in [-0.25, -0.2) is 12.8 Å². The normalized spacial score (nSPS) is 11.3. The number of sulfonamides is 1. The molecule has 0 radical (unpaired) electrons. The summed E-state index contributed by atoms with van der Waals surface area (Å²) < 4.78 is 39.3. The molecule has 3 N–H and O–H groups in total. The molecule has 0 bridgehead atoms. The molecule has 0 saturated heterocycles. The van der Waals surface area contributed by atoms with E-state index in [-0.39, 0.29) is 15.7 Å². The number of nitrogens with zero attached hydrogens (tertiary/aromatic N) is 1. The molecule has 0 saturated carbocycles. The Bertz CT molecular complexity index is 1200. The van der Waals surface area contributed by atoms with Crippen molar-refractivity contribution in [3.05, 3.63) is 76.7 Å². The summed E-state index contributed by atoms with van der Waals surface area (Å²) in [7, 11) is -4.21. The van der Waals surface area contributed by atoms with Gasteiger partial charge in [0.05, 0.1) is 21.2 Å². The van der Waals surface area contributed by atoms with E-state index in [1.54, 1.807) is 25.1 Å². The van der Waals surface area contributed by atoms with Gasteiger partial charge in [0.15, 0.2) is 5.82 Å². The van der Waals surface area contributed by atoms with Crippen LogP contribution in [-0.4, -0.2) is 24.4 Å². The molecule has 1 aromatic heterocycles. The highest BCUT2D eigenvalue weighted by atomic mass is 35.5. The van der Waals surface area contributed by atoms with Gasteiger partial charge in [-0.15, -0.1) is 4.83 Å². The summed E-state index contributed by atoms with van der Waals surface area (Å²) in [6, 6.07) is 11.4. The van der Waals surface area contributed by atoms with Crippen LogP contribution >= 0.6 is 11.6 Å². The van der Waals surface area contributed by atoms with E-state index in [4.69, 9.17) is 11.6 Å². The predicted octanol–water partition coefficient (Wildman–Crippen LogP) is 3.43. The Morgan fingerprint density at radius 3 is 2.63 bits per heavy atom. The lowest BCUT2D eigenvalue weighted by atomic mass is 10.1. The number of rotatable bonds is 6. The van der Waals surface area contributed by atoms with Crippen molar-refractivity contribution in [1.29, 1.82) is 0 Å². The summed E-state index contributed by atoms with van der Waals surface area (Å²) in [5.41, 5.74) is 2.93. The van der Waals surface area contributed by atoms with E-state index in [0.29, 0.717) is 23.2 Å². The molecule has 1 heterocycles. The van der Waals surface area contributed by atoms with Crippen molar-refractivity contribution in [2.75, 3.05) is 0 Å². The van der Waals surface area contributed by atoms with Crippen LogP contribution in [0, 0.1) is 5.82 Å². The molecular weight excluding hydrogens is 433 g/mol. The van der Waals surface area contributed by atoms with Gasteiger partial charge in [0.1, 0.15) is 5.75 Å². The van der Waals surface area contributed by atoms with E-state index >= 15 is 0 Å². The van der Waals surface area contributed by atoms with Crippen molar-refractivity contribution < 1.29 is 22.7 Å². The quantitative estimate of drug-likeness (QED) is 0.499. The summed E-state index contributed by atoms with van der Waals surface area (Å²) in [5.74, 6) is -2.28. The van der Waals surface area contributed by atoms with E-state index < -0.39 is 27.3 Å². The Hall–Kier alpha value is -3.01. The number of nitrogens with one attached hydrogen (secondary N) is 2. The van der Waals surface area contributed by atoms with Crippen LogP contribution in [0.1, 0.15) is 22.8 Å². The molecule has 10 heteroatoms. The minimum absolute atomic E-state index is 0.234. The zero-order valence-electron chi connectivity index (χ0n) is 15.7. The van der Waals surface area contributed by atoms with Crippen molar-refractivity contribution in [1.82, 2.24) is 15.2 Å². The number of phenols is 1. The maximum atomic E-state index is 14.4. The standard InChI is InChI=1S/C20H17ClFN3O4S/c1-2-12-7-14(26)11-15(8-12)30(28,29)25-24-20(27)16-9-13(10-17(21)19(16)22)18-5-3-4-6-23-18/h3-11,25-26H,2H2,1H3,(H,24,27). The molecule has 3 aromatic rings. The molecule has 0 atom stereocenters. The molecule has 3 rings (SSSR count). The van der Waals surface area contributed by atoms with Gasteiger partial charge >= 0.3 is 0 Å². The van der Waals surface area contributed by atoms with E-state index in [0.717, 1.165) is 6.07 Å². The number of hydrogen-bond acceptors (Lipinski definition) is 5. The van der Waals surface area contributed by atoms with Gasteiger partial charge in [0.25, 0.3) is 15.9 Å². The third kappa shape index (κ3) is 4.76. The van der Waals surface area contributed by atoms with Crippen molar-refractivity contribution >= 4 is 27.5 Å². The largest absolute Gasteiger partial charge is 0.508 e. The second kappa shape index (κ2) is 8.78. The van der Waals surface area contributed by atoms with Crippen LogP contribution in [0.25, 0.3) is 11.3 Å². The van der Waals surface area contributed by atoms with Crippen molar-refractivity contribution in [2.45, 2.75) is 18.2 Å². The molecule has 1 amide bonds. The Labute approximate surface area is 177 Å². The Balaban J connectivity index is 1.86. The lowest BCUT2D eigenvalue weighted by Gasteiger charge is -2.12. The third-order valence-electron chi connectivity index (χ3n) is 4.20. The van der Waals surface area contributed by atoms with Crippen molar-refractivity contribution in [3.63, 3.8) is 0 Å². The fourth-order valence-electron chi connectivity index (χ4n) is 2.68. The van der Waals surface area contributed by atoms with E-state index in [1.807, 2.05) is 10.3 Å². The lowest BCUT2D eigenvalue weighted by Crippen LogP contribution is -2.41. The van der Waals surface area contributed by atoms with Crippen LogP contribution in [0.4, 0.5) is 4.39 Å². The van der Waals surface area contributed by atoms with E-state index in [9.17, 15) is 22.7 Å². The number of carbonyl (C=O) groups is 1. The molecule has 7 nitrogen and oxygen atoms in total. The molecule has 0 aliphatic rings. The first-order valence-corrected chi connectivity index (χ1v) is 10.6. The maximum Gasteiger partial charge on any atom is 0.269 e. The molecule has 0 aliphatic carbocycles. The van der Waals surface area contributed by atoms with E-state index in [1.165, 1.54) is 30.5 Å². The average Bonchev–Trinajstić information content (AvgIpc) is 2.74. The van der Waals surface area contributed by atoms with Gasteiger partial charge < -0.3 is 5.11 Å². The number of aryl methyl sites for hydroxylation is 1. The number of hydrogen-bond donors (Lipinski definition) is 3. The zero-order valence-corrected chi connectivity index (χ0v) is 17.3. The van der Waals surface area contributed by atoms with Gasteiger partial charge in [-0.05, 0) is 54.4 Å². The van der Waals surface area contributed by atoms with Crippen LogP contribution in [0.15, 0.2) is 59.6 Å². The summed E-state index contributed by atoms with van der Waals surface area (Å²) in [5, 5.41) is 9.39. The molecular formula is C20H17ClFN3O4S.